The number of nitrogens with one attached hydrogen (secondary N) is 1. The molecule has 11 heteroatoms. The van der Waals surface area contributed by atoms with Gasteiger partial charge in [-0.15, -0.1) is 0 Å². The Morgan fingerprint density at radius 2 is 1.68 bits per heavy atom. The number of thioether (sulfide) groups is 1. The van der Waals surface area contributed by atoms with Gasteiger partial charge in [-0.25, -0.2) is 13.4 Å². The van der Waals surface area contributed by atoms with Gasteiger partial charge in [0.05, 0.1) is 34.7 Å². The zero-order chi connectivity index (χ0) is 23.9. The average molecular weight is 496 g/mol. The number of oxazole rings is 1. The molecule has 2 amide bonds. The van der Waals surface area contributed by atoms with Gasteiger partial charge in [-0.3, -0.25) is 19.2 Å². The maximum Gasteiger partial charge on any atom is 0.262 e. The average Bonchev–Trinajstić information content (AvgIpc) is 3.36. The first-order valence-electron chi connectivity index (χ1n) is 10.0. The van der Waals surface area contributed by atoms with E-state index in [9.17, 15) is 18.0 Å². The largest absolute Gasteiger partial charge is 0.495 e. The number of benzene rings is 3. The summed E-state index contributed by atoms with van der Waals surface area (Å²) in [4.78, 5) is 30.5. The van der Waals surface area contributed by atoms with Gasteiger partial charge in [0, 0.05) is 0 Å². The third-order valence-electron chi connectivity index (χ3n) is 5.20. The first-order chi connectivity index (χ1) is 16.4. The highest BCUT2D eigenvalue weighted by molar-refractivity contribution is 7.99. The van der Waals surface area contributed by atoms with Crippen molar-refractivity contribution in [3.05, 3.63) is 77.9 Å². The van der Waals surface area contributed by atoms with Gasteiger partial charge in [-0.2, -0.15) is 0 Å². The van der Waals surface area contributed by atoms with Crippen molar-refractivity contribution in [1.29, 1.82) is 0 Å². The number of rotatable bonds is 7. The van der Waals surface area contributed by atoms with Gasteiger partial charge in [-0.05, 0) is 54.2 Å². The molecule has 1 aromatic heterocycles. The van der Waals surface area contributed by atoms with E-state index in [0.717, 1.165) is 16.7 Å². The van der Waals surface area contributed by atoms with E-state index in [2.05, 4.69) is 9.71 Å². The van der Waals surface area contributed by atoms with Gasteiger partial charge >= 0.3 is 0 Å². The van der Waals surface area contributed by atoms with Gasteiger partial charge in [-0.1, -0.05) is 24.3 Å². The number of para-hydroxylation sites is 2. The number of methoxy groups -OCH3 is 1. The van der Waals surface area contributed by atoms with E-state index < -0.39 is 10.0 Å². The van der Waals surface area contributed by atoms with Crippen LogP contribution in [0.25, 0.3) is 11.1 Å². The number of sulfonamides is 1. The summed E-state index contributed by atoms with van der Waals surface area (Å²) in [5.74, 6) is -0.347. The number of aromatic nitrogens is 1. The Morgan fingerprint density at radius 1 is 1.00 bits per heavy atom. The molecule has 0 unspecified atom stereocenters. The predicted octanol–water partition coefficient (Wildman–Crippen LogP) is 3.98. The molecule has 0 saturated heterocycles. The second-order valence-electron chi connectivity index (χ2n) is 7.27. The molecule has 4 aromatic rings. The van der Waals surface area contributed by atoms with E-state index in [-0.39, 0.29) is 27.8 Å². The molecule has 1 aliphatic heterocycles. The van der Waals surface area contributed by atoms with E-state index in [1.54, 1.807) is 48.5 Å². The van der Waals surface area contributed by atoms with E-state index in [0.29, 0.717) is 33.7 Å². The molecule has 1 aliphatic rings. The van der Waals surface area contributed by atoms with Gasteiger partial charge in [0.2, 0.25) is 0 Å². The maximum atomic E-state index is 12.9. The Balaban J connectivity index is 1.34. The second-order valence-corrected chi connectivity index (χ2v) is 9.85. The fourth-order valence-electron chi connectivity index (χ4n) is 3.52. The first-order valence-corrected chi connectivity index (χ1v) is 12.5. The van der Waals surface area contributed by atoms with Gasteiger partial charge < -0.3 is 9.15 Å². The maximum absolute atomic E-state index is 12.9. The highest BCUT2D eigenvalue weighted by Crippen LogP contribution is 2.31. The Morgan fingerprint density at radius 3 is 2.38 bits per heavy atom. The molecular formula is C23H17N3O6S2. The summed E-state index contributed by atoms with van der Waals surface area (Å²) in [5.41, 5.74) is 1.74. The fourth-order valence-corrected chi connectivity index (χ4v) is 5.40. The monoisotopic (exact) mass is 495 g/mol. The van der Waals surface area contributed by atoms with Crippen molar-refractivity contribution < 1.29 is 27.2 Å². The summed E-state index contributed by atoms with van der Waals surface area (Å²) in [6.07, 6.45) is 0. The van der Waals surface area contributed by atoms with Crippen molar-refractivity contribution in [2.75, 3.05) is 17.7 Å². The molecule has 9 nitrogen and oxygen atoms in total. The number of carbonyl (C=O) groups is 2. The van der Waals surface area contributed by atoms with Crippen molar-refractivity contribution in [3.8, 4) is 5.75 Å². The Bertz CT molecular complexity index is 1510. The van der Waals surface area contributed by atoms with Crippen LogP contribution in [0.3, 0.4) is 0 Å². The lowest BCUT2D eigenvalue weighted by atomic mass is 10.1. The zero-order valence-corrected chi connectivity index (χ0v) is 19.4. The van der Waals surface area contributed by atoms with Crippen molar-refractivity contribution >= 4 is 50.4 Å². The number of ether oxygens (including phenoxy) is 1. The minimum Gasteiger partial charge on any atom is -0.495 e. The zero-order valence-electron chi connectivity index (χ0n) is 17.7. The first kappa shape index (κ1) is 22.0. The van der Waals surface area contributed by atoms with Crippen LogP contribution in [0.1, 0.15) is 20.7 Å². The summed E-state index contributed by atoms with van der Waals surface area (Å²) in [6.45, 7) is 0. The molecule has 0 aliphatic carbocycles. The van der Waals surface area contributed by atoms with Gasteiger partial charge in [0.1, 0.15) is 11.3 Å². The van der Waals surface area contributed by atoms with E-state index in [1.807, 2.05) is 0 Å². The molecule has 34 heavy (non-hydrogen) atoms. The number of nitrogens with zero attached hydrogens (tertiary/aromatic N) is 2. The minimum atomic E-state index is -3.91. The molecule has 0 spiro atoms. The standard InChI is InChI=1S/C23H17N3O6S2/c1-31-19-9-5-4-8-17(19)25-34(29,30)14-10-11-20-18(12-14)24-23(32-20)33-13-26-21(27)15-6-2-3-7-16(15)22(26)28/h2-12,25H,13H2,1H3. The van der Waals surface area contributed by atoms with Crippen LogP contribution < -0.4 is 9.46 Å². The lowest BCUT2D eigenvalue weighted by molar-refractivity contribution is 0.0684. The molecule has 1 N–H and O–H groups in total. The number of imide groups is 1. The Kier molecular flexibility index (Phi) is 5.50. The fraction of sp³-hybridized carbons (Fsp3) is 0.0870. The number of fused-ring (bicyclic) bond motifs is 2. The van der Waals surface area contributed by atoms with Crippen LogP contribution in [0.15, 0.2) is 81.3 Å². The van der Waals surface area contributed by atoms with Crippen LogP contribution in [0.2, 0.25) is 0 Å². The SMILES string of the molecule is COc1ccccc1NS(=O)(=O)c1ccc2oc(SCN3C(=O)c4ccccc4C3=O)nc2c1. The highest BCUT2D eigenvalue weighted by atomic mass is 32.2. The normalized spacial score (nSPS) is 13.4. The summed E-state index contributed by atoms with van der Waals surface area (Å²) < 4.78 is 39.1. The van der Waals surface area contributed by atoms with Crippen molar-refractivity contribution in [2.24, 2.45) is 0 Å². The van der Waals surface area contributed by atoms with Crippen LogP contribution >= 0.6 is 11.8 Å². The molecule has 0 bridgehead atoms. The van der Waals surface area contributed by atoms with Crippen molar-refractivity contribution in [2.45, 2.75) is 10.1 Å². The number of anilines is 1. The summed E-state index contributed by atoms with van der Waals surface area (Å²) >= 11 is 1.07. The van der Waals surface area contributed by atoms with Crippen LogP contribution in [-0.4, -0.2) is 43.1 Å². The lowest BCUT2D eigenvalue weighted by Crippen LogP contribution is -2.29. The van der Waals surface area contributed by atoms with E-state index >= 15 is 0 Å². The smallest absolute Gasteiger partial charge is 0.262 e. The minimum absolute atomic E-state index is 0.00361. The molecule has 0 radical (unpaired) electrons. The van der Waals surface area contributed by atoms with Crippen LogP contribution in [0.5, 0.6) is 5.75 Å². The number of hydrogen-bond donors (Lipinski definition) is 1. The molecule has 0 atom stereocenters. The quantitative estimate of drug-likeness (QED) is 0.302. The van der Waals surface area contributed by atoms with Crippen LogP contribution in [-0.2, 0) is 10.0 Å². The summed E-state index contributed by atoms with van der Waals surface area (Å²) in [7, 11) is -2.46. The van der Waals surface area contributed by atoms with Gasteiger partial charge in [0.15, 0.2) is 5.58 Å². The number of carbonyl (C=O) groups excluding carboxylic acids is 2. The molecule has 0 saturated carbocycles. The molecule has 0 fully saturated rings. The molecule has 2 heterocycles. The molecule has 172 valence electrons. The topological polar surface area (TPSA) is 119 Å². The van der Waals surface area contributed by atoms with Crippen molar-refractivity contribution in [3.63, 3.8) is 0 Å². The highest BCUT2D eigenvalue weighted by Gasteiger charge is 2.35. The molecule has 3 aromatic carbocycles. The number of amides is 2. The number of hydrogen-bond acceptors (Lipinski definition) is 8. The second kappa shape index (κ2) is 8.50. The van der Waals surface area contributed by atoms with E-state index in [1.165, 1.54) is 25.3 Å². The van der Waals surface area contributed by atoms with Crippen LogP contribution in [0.4, 0.5) is 5.69 Å². The lowest BCUT2D eigenvalue weighted by Gasteiger charge is -2.11. The summed E-state index contributed by atoms with van der Waals surface area (Å²) in [5, 5.41) is 0.207. The predicted molar refractivity (Wildman–Crippen MR) is 125 cm³/mol. The Labute approximate surface area is 198 Å². The Hall–Kier alpha value is -3.83. The van der Waals surface area contributed by atoms with E-state index in [4.69, 9.17) is 9.15 Å². The third-order valence-corrected chi connectivity index (χ3v) is 7.37. The van der Waals surface area contributed by atoms with Gasteiger partial charge in [0.25, 0.3) is 27.1 Å². The molecule has 5 rings (SSSR count). The summed E-state index contributed by atoms with van der Waals surface area (Å²) in [6, 6.07) is 17.6. The third kappa shape index (κ3) is 3.88. The van der Waals surface area contributed by atoms with Crippen molar-refractivity contribution in [1.82, 2.24) is 9.88 Å². The molecular weight excluding hydrogens is 478 g/mol. The van der Waals surface area contributed by atoms with Crippen LogP contribution in [0, 0.1) is 0 Å².